The lowest BCUT2D eigenvalue weighted by molar-refractivity contribution is 0.304. The number of hydrogen-bond donors (Lipinski definition) is 3. The van der Waals surface area contributed by atoms with E-state index in [9.17, 15) is 9.90 Å². The molecule has 0 radical (unpaired) electrons. The number of rotatable bonds is 8. The molecule has 1 aliphatic rings. The molecule has 0 spiro atoms. The van der Waals surface area contributed by atoms with Crippen LogP contribution in [0.1, 0.15) is 11.1 Å². The van der Waals surface area contributed by atoms with Crippen LogP contribution in [0, 0.1) is 0 Å². The van der Waals surface area contributed by atoms with Gasteiger partial charge in [-0.1, -0.05) is 12.1 Å². The Morgan fingerprint density at radius 1 is 1.26 bits per heavy atom. The van der Waals surface area contributed by atoms with Gasteiger partial charge in [-0.3, -0.25) is 4.79 Å². The molecular formula is C25H28N8O2. The summed E-state index contributed by atoms with van der Waals surface area (Å²) < 4.78 is 3.34. The molecule has 0 aliphatic carbocycles. The number of pyridine rings is 1. The predicted molar refractivity (Wildman–Crippen MR) is 137 cm³/mol. The minimum atomic E-state index is -0.199. The smallest absolute Gasteiger partial charge is 0.278 e. The van der Waals surface area contributed by atoms with E-state index in [2.05, 4.69) is 39.3 Å². The van der Waals surface area contributed by atoms with Crippen LogP contribution >= 0.6 is 0 Å². The van der Waals surface area contributed by atoms with Gasteiger partial charge in [-0.2, -0.15) is 4.98 Å². The Kier molecular flexibility index (Phi) is 6.30. The number of aromatic nitrogens is 5. The number of benzene rings is 1. The maximum absolute atomic E-state index is 13.2. The Bertz CT molecular complexity index is 1440. The van der Waals surface area contributed by atoms with Crippen molar-refractivity contribution < 1.29 is 5.11 Å². The second-order valence-corrected chi connectivity index (χ2v) is 8.47. The number of aliphatic hydroxyl groups is 1. The van der Waals surface area contributed by atoms with Gasteiger partial charge in [-0.25, -0.2) is 19.3 Å². The molecule has 0 saturated heterocycles. The van der Waals surface area contributed by atoms with Crippen LogP contribution in [0.5, 0.6) is 0 Å². The highest BCUT2D eigenvalue weighted by atomic mass is 16.3. The minimum absolute atomic E-state index is 0.0114. The second-order valence-electron chi connectivity index (χ2n) is 8.47. The highest BCUT2D eigenvalue weighted by molar-refractivity contribution is 5.77. The summed E-state index contributed by atoms with van der Waals surface area (Å²) in [5.74, 6) is 1.08. The lowest BCUT2D eigenvalue weighted by Gasteiger charge is -2.18. The van der Waals surface area contributed by atoms with Gasteiger partial charge < -0.3 is 20.6 Å². The van der Waals surface area contributed by atoms with Gasteiger partial charge in [0.1, 0.15) is 11.2 Å². The van der Waals surface area contributed by atoms with Crippen molar-refractivity contribution in [3.05, 3.63) is 76.9 Å². The molecule has 10 nitrogen and oxygen atoms in total. The van der Waals surface area contributed by atoms with E-state index in [-0.39, 0.29) is 12.2 Å². The van der Waals surface area contributed by atoms with Crippen LogP contribution in [0.4, 0.5) is 17.5 Å². The van der Waals surface area contributed by atoms with E-state index >= 15 is 0 Å². The molecule has 0 bridgehead atoms. The first-order chi connectivity index (χ1) is 17.1. The first kappa shape index (κ1) is 22.8. The monoisotopic (exact) mass is 472 g/mol. The number of anilines is 3. The van der Waals surface area contributed by atoms with Crippen LogP contribution in [-0.2, 0) is 19.5 Å². The van der Waals surface area contributed by atoms with Gasteiger partial charge in [0.05, 0.1) is 18.8 Å². The number of hydrogen-bond acceptors (Lipinski definition) is 8. The van der Waals surface area contributed by atoms with E-state index < -0.39 is 0 Å². The zero-order valence-corrected chi connectivity index (χ0v) is 19.6. The predicted octanol–water partition coefficient (Wildman–Crippen LogP) is 1.98. The van der Waals surface area contributed by atoms with Crippen molar-refractivity contribution in [2.75, 3.05) is 37.0 Å². The van der Waals surface area contributed by atoms with Crippen LogP contribution < -0.4 is 21.1 Å². The second kappa shape index (κ2) is 9.69. The number of allylic oxidation sites excluding steroid dienone is 1. The SMILES string of the molecule is C=CCn1c(=O)c2cnc(Nc3ccc4c(c3)CCNC4)nc2n1-c1ccnc(N(C)CCO)c1. The van der Waals surface area contributed by atoms with E-state index in [0.717, 1.165) is 30.9 Å². The highest BCUT2D eigenvalue weighted by Crippen LogP contribution is 2.23. The number of likely N-dealkylation sites (N-methyl/N-ethyl adjacent to an activating group) is 1. The summed E-state index contributed by atoms with van der Waals surface area (Å²) >= 11 is 0. The molecule has 35 heavy (non-hydrogen) atoms. The largest absolute Gasteiger partial charge is 0.395 e. The molecule has 4 aromatic rings. The maximum Gasteiger partial charge on any atom is 0.278 e. The van der Waals surface area contributed by atoms with Gasteiger partial charge in [0.25, 0.3) is 5.56 Å². The molecule has 5 rings (SSSR count). The minimum Gasteiger partial charge on any atom is -0.395 e. The standard InChI is InChI=1S/C25H28N8O2/c1-3-10-32-24(35)21-16-28-25(29-19-5-4-18-15-26-8-6-17(18)13-19)30-23(21)33(32)20-7-9-27-22(14-20)31(2)11-12-34/h3-5,7,9,13-14,16,26,34H,1,6,8,10-12,15H2,2H3,(H,28,29,30). The quantitative estimate of drug-likeness (QED) is 0.334. The molecule has 0 atom stereocenters. The fourth-order valence-electron chi connectivity index (χ4n) is 4.33. The van der Waals surface area contributed by atoms with Crippen molar-refractivity contribution in [2.24, 2.45) is 0 Å². The molecule has 10 heteroatoms. The average molecular weight is 473 g/mol. The Morgan fingerprint density at radius 3 is 2.97 bits per heavy atom. The van der Waals surface area contributed by atoms with Gasteiger partial charge in [-0.05, 0) is 42.3 Å². The number of aliphatic hydroxyl groups excluding tert-OH is 1. The molecular weight excluding hydrogens is 444 g/mol. The third-order valence-corrected chi connectivity index (χ3v) is 6.13. The van der Waals surface area contributed by atoms with Crippen LogP contribution in [0.3, 0.4) is 0 Å². The summed E-state index contributed by atoms with van der Waals surface area (Å²) in [5, 5.41) is 16.4. The fraction of sp³-hybridized carbons (Fsp3) is 0.280. The Labute approximate surface area is 202 Å². The summed E-state index contributed by atoms with van der Waals surface area (Å²) in [6.07, 6.45) is 5.88. The van der Waals surface area contributed by atoms with Crippen molar-refractivity contribution in [3.8, 4) is 5.69 Å². The molecule has 1 aromatic carbocycles. The maximum atomic E-state index is 13.2. The van der Waals surface area contributed by atoms with Crippen molar-refractivity contribution in [1.82, 2.24) is 29.6 Å². The van der Waals surface area contributed by atoms with Crippen LogP contribution in [0.15, 0.2) is 60.2 Å². The Hall–Kier alpha value is -4.02. The van der Waals surface area contributed by atoms with Crippen molar-refractivity contribution >= 4 is 28.5 Å². The van der Waals surface area contributed by atoms with Crippen molar-refractivity contribution in [2.45, 2.75) is 19.5 Å². The van der Waals surface area contributed by atoms with Crippen LogP contribution in [-0.4, -0.2) is 56.2 Å². The molecule has 180 valence electrons. The Morgan fingerprint density at radius 2 is 2.14 bits per heavy atom. The third-order valence-electron chi connectivity index (χ3n) is 6.13. The van der Waals surface area contributed by atoms with Gasteiger partial charge >= 0.3 is 0 Å². The number of fused-ring (bicyclic) bond motifs is 2. The van der Waals surface area contributed by atoms with Crippen molar-refractivity contribution in [1.29, 1.82) is 0 Å². The van der Waals surface area contributed by atoms with E-state index in [4.69, 9.17) is 4.98 Å². The summed E-state index contributed by atoms with van der Waals surface area (Å²) in [5.41, 5.74) is 4.52. The molecule has 0 unspecified atom stereocenters. The summed E-state index contributed by atoms with van der Waals surface area (Å²) in [7, 11) is 1.85. The molecule has 4 heterocycles. The third kappa shape index (κ3) is 4.41. The number of nitrogens with one attached hydrogen (secondary N) is 2. The normalized spacial score (nSPS) is 13.0. The highest BCUT2D eigenvalue weighted by Gasteiger charge is 2.18. The van der Waals surface area contributed by atoms with E-state index in [1.54, 1.807) is 27.8 Å². The summed E-state index contributed by atoms with van der Waals surface area (Å²) in [6.45, 7) is 6.40. The number of nitrogens with zero attached hydrogens (tertiary/aromatic N) is 6. The molecule has 0 fully saturated rings. The topological polar surface area (TPSA) is 113 Å². The molecule has 1 aliphatic heterocycles. The Balaban J connectivity index is 1.59. The van der Waals surface area contributed by atoms with E-state index in [1.165, 1.54) is 11.1 Å². The van der Waals surface area contributed by atoms with Gasteiger partial charge in [-0.15, -0.1) is 6.58 Å². The van der Waals surface area contributed by atoms with Crippen LogP contribution in [0.2, 0.25) is 0 Å². The lowest BCUT2D eigenvalue weighted by Crippen LogP contribution is -2.24. The zero-order valence-electron chi connectivity index (χ0n) is 19.6. The van der Waals surface area contributed by atoms with E-state index in [1.807, 2.05) is 30.1 Å². The van der Waals surface area contributed by atoms with Gasteiger partial charge in [0.2, 0.25) is 5.95 Å². The van der Waals surface area contributed by atoms with E-state index in [0.29, 0.717) is 35.9 Å². The first-order valence-corrected chi connectivity index (χ1v) is 11.6. The van der Waals surface area contributed by atoms with Gasteiger partial charge in [0.15, 0.2) is 5.65 Å². The molecule has 0 saturated carbocycles. The molecule has 3 N–H and O–H groups in total. The lowest BCUT2D eigenvalue weighted by atomic mass is 10.0. The van der Waals surface area contributed by atoms with Gasteiger partial charge in [0, 0.05) is 44.3 Å². The first-order valence-electron chi connectivity index (χ1n) is 11.6. The average Bonchev–Trinajstić information content (AvgIpc) is 3.15. The molecule has 0 amide bonds. The van der Waals surface area contributed by atoms with Crippen LogP contribution in [0.25, 0.3) is 16.7 Å². The van der Waals surface area contributed by atoms with Crippen molar-refractivity contribution in [3.63, 3.8) is 0 Å². The summed E-state index contributed by atoms with van der Waals surface area (Å²) in [4.78, 5) is 28.6. The molecule has 3 aromatic heterocycles. The fourth-order valence-corrected chi connectivity index (χ4v) is 4.33. The zero-order chi connectivity index (χ0) is 24.4. The summed E-state index contributed by atoms with van der Waals surface area (Å²) in [6, 6.07) is 9.94.